The molecule has 0 N–H and O–H groups in total. The van der Waals surface area contributed by atoms with Crippen molar-refractivity contribution in [3.05, 3.63) is 42.2 Å². The fraction of sp³-hybridized carbons (Fsp3) is 0.417. The summed E-state index contributed by atoms with van der Waals surface area (Å²) in [5.41, 5.74) is 2.05. The molecule has 3 aromatic rings. The lowest BCUT2D eigenvalue weighted by molar-refractivity contribution is 0.358. The summed E-state index contributed by atoms with van der Waals surface area (Å²) < 4.78 is 16.9. The molecular formula is C24H28N4O3. The highest BCUT2D eigenvalue weighted by molar-refractivity contribution is 5.97. The molecule has 1 saturated heterocycles. The smallest absolute Gasteiger partial charge is 0.173 e. The molecule has 31 heavy (non-hydrogen) atoms. The van der Waals surface area contributed by atoms with E-state index in [0.29, 0.717) is 17.4 Å². The Morgan fingerprint density at radius 2 is 1.48 bits per heavy atom. The second-order valence-electron chi connectivity index (χ2n) is 8.02. The first-order chi connectivity index (χ1) is 15.2. The first-order valence-electron chi connectivity index (χ1n) is 10.8. The summed E-state index contributed by atoms with van der Waals surface area (Å²) in [7, 11) is 5.06. The van der Waals surface area contributed by atoms with Crippen molar-refractivity contribution in [2.75, 3.05) is 57.3 Å². The molecule has 1 aliphatic carbocycles. The molecule has 2 aromatic carbocycles. The van der Waals surface area contributed by atoms with E-state index in [-0.39, 0.29) is 0 Å². The van der Waals surface area contributed by atoms with E-state index in [1.807, 2.05) is 24.3 Å². The lowest BCUT2D eigenvalue weighted by atomic mass is 10.1. The zero-order chi connectivity index (χ0) is 21.4. The molecule has 7 heteroatoms. The van der Waals surface area contributed by atoms with Crippen LogP contribution in [0.2, 0.25) is 0 Å². The molecule has 1 saturated carbocycles. The average Bonchev–Trinajstić information content (AvgIpc) is 3.68. The van der Waals surface area contributed by atoms with E-state index >= 15 is 0 Å². The number of aromatic nitrogens is 2. The first-order valence-corrected chi connectivity index (χ1v) is 10.8. The van der Waals surface area contributed by atoms with Gasteiger partial charge in [-0.3, -0.25) is 0 Å². The van der Waals surface area contributed by atoms with Crippen LogP contribution in [-0.4, -0.2) is 57.5 Å². The molecule has 2 fully saturated rings. The monoisotopic (exact) mass is 420 g/mol. The molecule has 2 aliphatic rings. The van der Waals surface area contributed by atoms with Crippen LogP contribution in [0, 0.1) is 0 Å². The van der Waals surface area contributed by atoms with Crippen LogP contribution in [-0.2, 0) is 0 Å². The van der Waals surface area contributed by atoms with E-state index in [1.54, 1.807) is 21.3 Å². The highest BCUT2D eigenvalue weighted by Gasteiger charge is 2.30. The van der Waals surface area contributed by atoms with Gasteiger partial charge in [0.25, 0.3) is 0 Å². The molecule has 5 rings (SSSR count). The van der Waals surface area contributed by atoms with Gasteiger partial charge in [-0.1, -0.05) is 12.1 Å². The number of rotatable bonds is 6. The number of hydrogen-bond donors (Lipinski definition) is 0. The Bertz CT molecular complexity index is 1090. The van der Waals surface area contributed by atoms with Crippen LogP contribution in [0.4, 0.5) is 11.5 Å². The Balaban J connectivity index is 1.51. The van der Waals surface area contributed by atoms with Crippen LogP contribution in [0.3, 0.4) is 0 Å². The second-order valence-corrected chi connectivity index (χ2v) is 8.02. The summed E-state index contributed by atoms with van der Waals surface area (Å²) in [5, 5.41) is 0.928. The minimum absolute atomic E-state index is 0.478. The minimum Gasteiger partial charge on any atom is -0.495 e. The fourth-order valence-corrected chi connectivity index (χ4v) is 4.34. The molecule has 2 heterocycles. The Morgan fingerprint density at radius 1 is 0.774 bits per heavy atom. The van der Waals surface area contributed by atoms with Gasteiger partial charge in [-0.2, -0.15) is 0 Å². The maximum atomic E-state index is 5.76. The molecule has 0 spiro atoms. The molecule has 7 nitrogen and oxygen atoms in total. The van der Waals surface area contributed by atoms with Crippen LogP contribution in [0.15, 0.2) is 36.4 Å². The average molecular weight is 421 g/mol. The van der Waals surface area contributed by atoms with Gasteiger partial charge in [0.2, 0.25) is 0 Å². The van der Waals surface area contributed by atoms with Gasteiger partial charge in [-0.15, -0.1) is 0 Å². The number of fused-ring (bicyclic) bond motifs is 1. The SMILES string of the molecule is COc1ccccc1N1CCN(c2nc(C3CC3)nc3ccc(OC)c(OC)c23)CC1. The number of hydrogen-bond acceptors (Lipinski definition) is 7. The zero-order valence-corrected chi connectivity index (χ0v) is 18.3. The summed E-state index contributed by atoms with van der Waals surface area (Å²) in [6, 6.07) is 12.1. The third-order valence-electron chi connectivity index (χ3n) is 6.15. The van der Waals surface area contributed by atoms with Gasteiger partial charge in [-0.05, 0) is 37.1 Å². The molecule has 0 atom stereocenters. The Morgan fingerprint density at radius 3 is 2.16 bits per heavy atom. The van der Waals surface area contributed by atoms with Crippen molar-refractivity contribution in [3.8, 4) is 17.2 Å². The third-order valence-corrected chi connectivity index (χ3v) is 6.15. The van der Waals surface area contributed by atoms with E-state index < -0.39 is 0 Å². The van der Waals surface area contributed by atoms with Gasteiger partial charge in [-0.25, -0.2) is 9.97 Å². The molecule has 0 unspecified atom stereocenters. The molecular weight excluding hydrogens is 392 g/mol. The Hall–Kier alpha value is -3.22. The molecule has 0 amide bonds. The maximum absolute atomic E-state index is 5.76. The topological polar surface area (TPSA) is 60.0 Å². The van der Waals surface area contributed by atoms with Crippen molar-refractivity contribution in [3.63, 3.8) is 0 Å². The number of ether oxygens (including phenoxy) is 3. The van der Waals surface area contributed by atoms with Crippen LogP contribution in [0.25, 0.3) is 10.9 Å². The van der Waals surface area contributed by atoms with Crippen LogP contribution >= 0.6 is 0 Å². The van der Waals surface area contributed by atoms with Gasteiger partial charge in [0.05, 0.1) is 37.9 Å². The first kappa shape index (κ1) is 19.7. The van der Waals surface area contributed by atoms with Gasteiger partial charge in [0, 0.05) is 32.1 Å². The van der Waals surface area contributed by atoms with Crippen molar-refractivity contribution in [1.29, 1.82) is 0 Å². The molecule has 1 aromatic heterocycles. The Labute approximate surface area is 182 Å². The maximum Gasteiger partial charge on any atom is 0.173 e. The number of piperazine rings is 1. The third kappa shape index (κ3) is 3.58. The van der Waals surface area contributed by atoms with Crippen LogP contribution in [0.5, 0.6) is 17.2 Å². The van der Waals surface area contributed by atoms with Crippen molar-refractivity contribution in [2.45, 2.75) is 18.8 Å². The molecule has 0 radical (unpaired) electrons. The van der Waals surface area contributed by atoms with Gasteiger partial charge in [0.1, 0.15) is 17.4 Å². The zero-order valence-electron chi connectivity index (χ0n) is 18.3. The summed E-state index contributed by atoms with van der Waals surface area (Å²) in [5.74, 6) is 4.68. The predicted octanol–water partition coefficient (Wildman–Crippen LogP) is 3.86. The lowest BCUT2D eigenvalue weighted by Crippen LogP contribution is -2.47. The normalized spacial score (nSPS) is 16.5. The summed E-state index contributed by atoms with van der Waals surface area (Å²) in [4.78, 5) is 14.6. The van der Waals surface area contributed by atoms with Crippen LogP contribution in [0.1, 0.15) is 24.6 Å². The summed E-state index contributed by atoms with van der Waals surface area (Å²) >= 11 is 0. The number of methoxy groups -OCH3 is 3. The van der Waals surface area contributed by atoms with E-state index in [2.05, 4.69) is 21.9 Å². The predicted molar refractivity (Wildman–Crippen MR) is 122 cm³/mol. The number of anilines is 2. The second kappa shape index (κ2) is 8.13. The molecule has 162 valence electrons. The van der Waals surface area contributed by atoms with Crippen molar-refractivity contribution in [1.82, 2.24) is 9.97 Å². The van der Waals surface area contributed by atoms with Crippen molar-refractivity contribution < 1.29 is 14.2 Å². The highest BCUT2D eigenvalue weighted by atomic mass is 16.5. The van der Waals surface area contributed by atoms with Gasteiger partial charge < -0.3 is 24.0 Å². The van der Waals surface area contributed by atoms with E-state index in [1.165, 1.54) is 12.8 Å². The standard InChI is InChI=1S/C24H28N4O3/c1-29-19-7-5-4-6-18(19)27-12-14-28(15-13-27)24-21-17(25-23(26-24)16-8-9-16)10-11-20(30-2)22(21)31-3/h4-7,10-11,16H,8-9,12-15H2,1-3H3. The van der Waals surface area contributed by atoms with E-state index in [0.717, 1.165) is 60.2 Å². The fourth-order valence-electron chi connectivity index (χ4n) is 4.34. The van der Waals surface area contributed by atoms with Crippen molar-refractivity contribution >= 4 is 22.4 Å². The quantitative estimate of drug-likeness (QED) is 0.600. The van der Waals surface area contributed by atoms with Gasteiger partial charge in [0.15, 0.2) is 11.5 Å². The summed E-state index contributed by atoms with van der Waals surface area (Å²) in [6.07, 6.45) is 2.33. The van der Waals surface area contributed by atoms with Crippen molar-refractivity contribution in [2.24, 2.45) is 0 Å². The lowest BCUT2D eigenvalue weighted by Gasteiger charge is -2.37. The van der Waals surface area contributed by atoms with E-state index in [9.17, 15) is 0 Å². The van der Waals surface area contributed by atoms with Gasteiger partial charge >= 0.3 is 0 Å². The summed E-state index contributed by atoms with van der Waals surface area (Å²) in [6.45, 7) is 3.48. The molecule has 0 bridgehead atoms. The Kier molecular flexibility index (Phi) is 5.18. The number of benzene rings is 2. The number of para-hydroxylation sites is 2. The van der Waals surface area contributed by atoms with Crippen LogP contribution < -0.4 is 24.0 Å². The molecule has 1 aliphatic heterocycles. The minimum atomic E-state index is 0.478. The highest BCUT2D eigenvalue weighted by Crippen LogP contribution is 2.44. The van der Waals surface area contributed by atoms with E-state index in [4.69, 9.17) is 24.2 Å². The number of nitrogens with zero attached hydrogens (tertiary/aromatic N) is 4. The largest absolute Gasteiger partial charge is 0.495 e.